The first kappa shape index (κ1) is 16.0. The first-order valence-electron chi connectivity index (χ1n) is 6.03. The average Bonchev–Trinajstić information content (AvgIpc) is 2.40. The zero-order valence-electron chi connectivity index (χ0n) is 11.7. The minimum absolute atomic E-state index is 0. The van der Waals surface area contributed by atoms with E-state index in [1.807, 2.05) is 31.2 Å². The van der Waals surface area contributed by atoms with Crippen LogP contribution in [0.2, 0.25) is 0 Å². The molecule has 1 N–H and O–H groups in total. The molecular formula is C15H17ClN2O2. The average molecular weight is 293 g/mol. The summed E-state index contributed by atoms with van der Waals surface area (Å²) >= 11 is 0. The SMILES string of the molecule is Cc1cc(C=Cc2ccccc2O)[n+](C)c(=O)n1C.[Cl-]. The largest absolute Gasteiger partial charge is 1.00 e. The van der Waals surface area contributed by atoms with Gasteiger partial charge in [0.15, 0.2) is 0 Å². The zero-order valence-corrected chi connectivity index (χ0v) is 12.4. The molecule has 20 heavy (non-hydrogen) atoms. The lowest BCUT2D eigenvalue weighted by Gasteiger charge is -2.02. The fraction of sp³-hybridized carbons (Fsp3) is 0.200. The Hall–Kier alpha value is -2.07. The monoisotopic (exact) mass is 292 g/mol. The second-order valence-corrected chi connectivity index (χ2v) is 4.50. The van der Waals surface area contributed by atoms with Crippen LogP contribution in [0.1, 0.15) is 17.0 Å². The Morgan fingerprint density at radius 2 is 1.90 bits per heavy atom. The molecule has 2 rings (SSSR count). The van der Waals surface area contributed by atoms with Crippen LogP contribution in [0, 0.1) is 6.92 Å². The van der Waals surface area contributed by atoms with Crippen LogP contribution in [0.25, 0.3) is 12.2 Å². The molecule has 0 saturated heterocycles. The Morgan fingerprint density at radius 3 is 2.55 bits per heavy atom. The van der Waals surface area contributed by atoms with Gasteiger partial charge in [0.1, 0.15) is 17.1 Å². The van der Waals surface area contributed by atoms with E-state index in [9.17, 15) is 9.90 Å². The van der Waals surface area contributed by atoms with Crippen LogP contribution >= 0.6 is 0 Å². The molecule has 0 bridgehead atoms. The van der Waals surface area contributed by atoms with Crippen molar-refractivity contribution in [3.05, 3.63) is 57.8 Å². The second kappa shape index (κ2) is 6.39. The van der Waals surface area contributed by atoms with E-state index in [2.05, 4.69) is 0 Å². The fourth-order valence-corrected chi connectivity index (χ4v) is 1.86. The minimum atomic E-state index is -0.0723. The van der Waals surface area contributed by atoms with E-state index in [4.69, 9.17) is 0 Å². The summed E-state index contributed by atoms with van der Waals surface area (Å²) in [6.07, 6.45) is 3.62. The number of aromatic hydroxyl groups is 1. The lowest BCUT2D eigenvalue weighted by molar-refractivity contribution is -0.692. The summed E-state index contributed by atoms with van der Waals surface area (Å²) in [5.74, 6) is 0.224. The number of phenolic OH excluding ortho intramolecular Hbond substituents is 1. The van der Waals surface area contributed by atoms with Gasteiger partial charge in [0.2, 0.25) is 0 Å². The summed E-state index contributed by atoms with van der Waals surface area (Å²) in [6, 6.07) is 9.01. The highest BCUT2D eigenvalue weighted by molar-refractivity contribution is 5.70. The van der Waals surface area contributed by atoms with Crippen molar-refractivity contribution in [2.45, 2.75) is 6.92 Å². The molecule has 1 aromatic carbocycles. The molecular weight excluding hydrogens is 276 g/mol. The molecule has 1 aromatic heterocycles. The summed E-state index contributed by atoms with van der Waals surface area (Å²) < 4.78 is 3.17. The molecule has 0 aliphatic heterocycles. The van der Waals surface area contributed by atoms with Gasteiger partial charge in [-0.3, -0.25) is 0 Å². The highest BCUT2D eigenvalue weighted by Crippen LogP contribution is 2.17. The van der Waals surface area contributed by atoms with E-state index in [1.54, 1.807) is 41.4 Å². The molecule has 5 heteroatoms. The Labute approximate surface area is 124 Å². The van der Waals surface area contributed by atoms with Crippen LogP contribution in [0.3, 0.4) is 0 Å². The van der Waals surface area contributed by atoms with Gasteiger partial charge in [-0.2, -0.15) is 13.9 Å². The van der Waals surface area contributed by atoms with Crippen molar-refractivity contribution < 1.29 is 22.1 Å². The molecule has 0 saturated carbocycles. The Bertz CT molecular complexity index is 706. The Morgan fingerprint density at radius 1 is 1.25 bits per heavy atom. The summed E-state index contributed by atoms with van der Waals surface area (Å²) in [5.41, 5.74) is 2.33. The molecule has 106 valence electrons. The van der Waals surface area contributed by atoms with E-state index in [0.717, 1.165) is 17.0 Å². The molecule has 0 aliphatic carbocycles. The van der Waals surface area contributed by atoms with Gasteiger partial charge in [0.05, 0.1) is 14.1 Å². The Kier molecular flexibility index (Phi) is 5.11. The topological polar surface area (TPSA) is 46.1 Å². The van der Waals surface area contributed by atoms with Gasteiger partial charge in [-0.25, -0.2) is 0 Å². The third-order valence-electron chi connectivity index (χ3n) is 3.22. The smallest absolute Gasteiger partial charge is 0.498 e. The maximum atomic E-state index is 11.9. The number of para-hydroxylation sites is 1. The number of benzene rings is 1. The van der Waals surface area contributed by atoms with Gasteiger partial charge in [0.25, 0.3) is 0 Å². The molecule has 1 heterocycles. The quantitative estimate of drug-likeness (QED) is 0.678. The van der Waals surface area contributed by atoms with E-state index in [-0.39, 0.29) is 23.8 Å². The van der Waals surface area contributed by atoms with Crippen molar-refractivity contribution in [1.29, 1.82) is 0 Å². The number of aromatic nitrogens is 2. The number of rotatable bonds is 2. The standard InChI is InChI=1S/C15H16N2O2.ClH/c1-11-10-13(17(3)15(19)16(11)2)9-8-12-6-4-5-7-14(12)18;/h4-10H,1-3H3;1H. The first-order valence-corrected chi connectivity index (χ1v) is 6.03. The van der Waals surface area contributed by atoms with Gasteiger partial charge in [0, 0.05) is 11.6 Å². The molecule has 0 radical (unpaired) electrons. The number of hydrogen-bond acceptors (Lipinski definition) is 2. The number of phenols is 1. The molecule has 2 aromatic rings. The third-order valence-corrected chi connectivity index (χ3v) is 3.22. The predicted molar refractivity (Wildman–Crippen MR) is 74.6 cm³/mol. The summed E-state index contributed by atoms with van der Waals surface area (Å²) in [5, 5.41) is 9.69. The van der Waals surface area contributed by atoms with Crippen LogP contribution in [0.15, 0.2) is 35.1 Å². The van der Waals surface area contributed by atoms with Gasteiger partial charge in [-0.1, -0.05) is 18.2 Å². The molecule has 0 aliphatic rings. The molecule has 0 spiro atoms. The van der Waals surface area contributed by atoms with Crippen molar-refractivity contribution in [3.63, 3.8) is 0 Å². The van der Waals surface area contributed by atoms with E-state index in [1.165, 1.54) is 0 Å². The van der Waals surface area contributed by atoms with Gasteiger partial charge >= 0.3 is 5.69 Å². The van der Waals surface area contributed by atoms with E-state index < -0.39 is 0 Å². The van der Waals surface area contributed by atoms with Crippen molar-refractivity contribution in [2.24, 2.45) is 14.1 Å². The van der Waals surface area contributed by atoms with Crippen LogP contribution < -0.4 is 22.7 Å². The molecule has 4 nitrogen and oxygen atoms in total. The fourth-order valence-electron chi connectivity index (χ4n) is 1.86. The second-order valence-electron chi connectivity index (χ2n) is 4.50. The van der Waals surface area contributed by atoms with Gasteiger partial charge in [-0.15, -0.1) is 0 Å². The molecule has 0 unspecified atom stereocenters. The lowest BCUT2D eigenvalue weighted by atomic mass is 10.1. The molecule has 0 amide bonds. The van der Waals surface area contributed by atoms with Crippen molar-refractivity contribution in [3.8, 4) is 5.75 Å². The highest BCUT2D eigenvalue weighted by atomic mass is 35.5. The van der Waals surface area contributed by atoms with Crippen molar-refractivity contribution in [2.75, 3.05) is 0 Å². The summed E-state index contributed by atoms with van der Waals surface area (Å²) in [4.78, 5) is 11.9. The van der Waals surface area contributed by atoms with E-state index >= 15 is 0 Å². The number of nitrogens with zero attached hydrogens (tertiary/aromatic N) is 2. The summed E-state index contributed by atoms with van der Waals surface area (Å²) in [7, 11) is 3.47. The number of halogens is 1. The number of aryl methyl sites for hydroxylation is 1. The lowest BCUT2D eigenvalue weighted by Crippen LogP contribution is -3.00. The molecule has 0 atom stereocenters. The van der Waals surface area contributed by atoms with Crippen LogP contribution in [-0.4, -0.2) is 9.67 Å². The zero-order chi connectivity index (χ0) is 14.0. The van der Waals surface area contributed by atoms with Crippen molar-refractivity contribution >= 4 is 12.2 Å². The number of hydrogen-bond donors (Lipinski definition) is 1. The van der Waals surface area contributed by atoms with Gasteiger partial charge < -0.3 is 17.5 Å². The van der Waals surface area contributed by atoms with Crippen LogP contribution in [0.4, 0.5) is 0 Å². The maximum Gasteiger partial charge on any atom is 0.498 e. The summed E-state index contributed by atoms with van der Waals surface area (Å²) in [6.45, 7) is 1.89. The third kappa shape index (κ3) is 3.08. The minimum Gasteiger partial charge on any atom is -1.00 e. The normalized spacial score (nSPS) is 10.6. The Balaban J connectivity index is 0.00000200. The van der Waals surface area contributed by atoms with Crippen LogP contribution in [-0.2, 0) is 14.1 Å². The van der Waals surface area contributed by atoms with E-state index in [0.29, 0.717) is 0 Å². The van der Waals surface area contributed by atoms with Gasteiger partial charge in [-0.05, 0) is 25.1 Å². The first-order chi connectivity index (χ1) is 9.00. The highest BCUT2D eigenvalue weighted by Gasteiger charge is 2.11. The van der Waals surface area contributed by atoms with Crippen molar-refractivity contribution in [1.82, 2.24) is 4.57 Å². The van der Waals surface area contributed by atoms with Crippen LogP contribution in [0.5, 0.6) is 5.75 Å². The predicted octanol–water partition coefficient (Wildman–Crippen LogP) is -1.60. The molecule has 0 fully saturated rings. The maximum absolute atomic E-state index is 11.9.